The van der Waals surface area contributed by atoms with Crippen molar-refractivity contribution in [2.24, 2.45) is 5.92 Å². The highest BCUT2D eigenvalue weighted by molar-refractivity contribution is 6.04. The standard InChI is InChI=1S/C23H41NO5/c1-5-7-8-9-10-11-12-13-14-15-16-29-20(6-2)24-22(26)21(19(4)25)18(3)17-23(24,27)28/h17,20-21,27-28H,5-16H2,1-4H3. The molecule has 1 heterocycles. The van der Waals surface area contributed by atoms with Gasteiger partial charge in [-0.25, -0.2) is 0 Å². The Kier molecular flexibility index (Phi) is 11.7. The summed E-state index contributed by atoms with van der Waals surface area (Å²) in [5.74, 6) is -4.34. The second-order valence-corrected chi connectivity index (χ2v) is 8.24. The summed E-state index contributed by atoms with van der Waals surface area (Å²) in [6, 6.07) is 0. The van der Waals surface area contributed by atoms with E-state index in [9.17, 15) is 19.8 Å². The van der Waals surface area contributed by atoms with Gasteiger partial charge in [0.2, 0.25) is 5.91 Å². The van der Waals surface area contributed by atoms with E-state index in [0.29, 0.717) is 18.6 Å². The van der Waals surface area contributed by atoms with Crippen molar-refractivity contribution in [2.45, 2.75) is 110 Å². The van der Waals surface area contributed by atoms with Gasteiger partial charge in [0.1, 0.15) is 17.9 Å². The third-order valence-corrected chi connectivity index (χ3v) is 5.57. The minimum atomic E-state index is -2.44. The molecule has 1 aliphatic heterocycles. The fraction of sp³-hybridized carbons (Fsp3) is 0.826. The second-order valence-electron chi connectivity index (χ2n) is 8.24. The van der Waals surface area contributed by atoms with Gasteiger partial charge in [0.05, 0.1) is 0 Å². The van der Waals surface area contributed by atoms with E-state index in [1.165, 1.54) is 51.9 Å². The van der Waals surface area contributed by atoms with Crippen molar-refractivity contribution in [1.29, 1.82) is 0 Å². The molecule has 0 saturated carbocycles. The number of ketones is 1. The number of hydrogen-bond donors (Lipinski definition) is 2. The van der Waals surface area contributed by atoms with E-state index in [1.807, 2.05) is 6.92 Å². The molecule has 2 unspecified atom stereocenters. The van der Waals surface area contributed by atoms with Gasteiger partial charge in [-0.15, -0.1) is 0 Å². The van der Waals surface area contributed by atoms with Crippen LogP contribution in [0.1, 0.15) is 98.3 Å². The smallest absolute Gasteiger partial charge is 0.272 e. The summed E-state index contributed by atoms with van der Waals surface area (Å²) in [6.45, 7) is 7.40. The zero-order chi connectivity index (χ0) is 21.9. The molecule has 29 heavy (non-hydrogen) atoms. The molecular weight excluding hydrogens is 370 g/mol. The van der Waals surface area contributed by atoms with E-state index in [-0.39, 0.29) is 5.78 Å². The molecule has 1 aliphatic rings. The third-order valence-electron chi connectivity index (χ3n) is 5.57. The molecule has 0 aliphatic carbocycles. The van der Waals surface area contributed by atoms with Crippen LogP contribution in [0.25, 0.3) is 0 Å². The molecule has 6 nitrogen and oxygen atoms in total. The number of nitrogens with zero attached hydrogens (tertiary/aromatic N) is 1. The van der Waals surface area contributed by atoms with Crippen molar-refractivity contribution in [3.8, 4) is 0 Å². The molecule has 168 valence electrons. The normalized spacial score (nSPS) is 19.9. The molecule has 0 saturated heterocycles. The van der Waals surface area contributed by atoms with Crippen LogP contribution < -0.4 is 0 Å². The molecule has 1 amide bonds. The van der Waals surface area contributed by atoms with Crippen molar-refractivity contribution < 1.29 is 24.5 Å². The number of unbranched alkanes of at least 4 members (excludes halogenated alkanes) is 9. The van der Waals surface area contributed by atoms with Gasteiger partial charge >= 0.3 is 0 Å². The van der Waals surface area contributed by atoms with Crippen LogP contribution in [0.4, 0.5) is 0 Å². The summed E-state index contributed by atoms with van der Waals surface area (Å²) in [5.41, 5.74) is 0.355. The molecule has 0 radical (unpaired) electrons. The van der Waals surface area contributed by atoms with Crippen molar-refractivity contribution in [1.82, 2.24) is 4.90 Å². The first-order valence-corrected chi connectivity index (χ1v) is 11.4. The van der Waals surface area contributed by atoms with E-state index in [1.54, 1.807) is 6.92 Å². The lowest BCUT2D eigenvalue weighted by atomic mass is 9.90. The Labute approximate surface area is 176 Å². The maximum Gasteiger partial charge on any atom is 0.272 e. The van der Waals surface area contributed by atoms with Crippen LogP contribution in [0.15, 0.2) is 11.6 Å². The van der Waals surface area contributed by atoms with Gasteiger partial charge in [-0.2, -0.15) is 0 Å². The first-order chi connectivity index (χ1) is 13.8. The maximum atomic E-state index is 12.8. The minimum absolute atomic E-state index is 0.311. The fourth-order valence-electron chi connectivity index (χ4n) is 3.99. The Morgan fingerprint density at radius 1 is 1.07 bits per heavy atom. The summed E-state index contributed by atoms with van der Waals surface area (Å²) in [6.07, 6.45) is 13.0. The van der Waals surface area contributed by atoms with Gasteiger partial charge in [-0.3, -0.25) is 14.5 Å². The number of ether oxygens (including phenoxy) is 1. The number of amides is 1. The summed E-state index contributed by atoms with van der Waals surface area (Å²) >= 11 is 0. The molecule has 0 aromatic carbocycles. The van der Waals surface area contributed by atoms with Gasteiger partial charge in [0.15, 0.2) is 0 Å². The fourth-order valence-corrected chi connectivity index (χ4v) is 3.99. The van der Waals surface area contributed by atoms with Crippen LogP contribution in [0.2, 0.25) is 0 Å². The van der Waals surface area contributed by atoms with Gasteiger partial charge in [-0.05, 0) is 32.8 Å². The van der Waals surface area contributed by atoms with Crippen LogP contribution in [0.5, 0.6) is 0 Å². The molecule has 0 bridgehead atoms. The Bertz CT molecular complexity index is 543. The van der Waals surface area contributed by atoms with Gasteiger partial charge < -0.3 is 14.9 Å². The quantitative estimate of drug-likeness (QED) is 0.182. The predicted molar refractivity (Wildman–Crippen MR) is 114 cm³/mol. The number of rotatable bonds is 15. The van der Waals surface area contributed by atoms with Gasteiger partial charge in [0, 0.05) is 6.61 Å². The van der Waals surface area contributed by atoms with Gasteiger partial charge in [0.25, 0.3) is 5.91 Å². The van der Waals surface area contributed by atoms with Crippen LogP contribution in [-0.4, -0.2) is 45.5 Å². The molecule has 6 heteroatoms. The Balaban J connectivity index is 2.41. The molecular formula is C23H41NO5. The minimum Gasteiger partial charge on any atom is -0.358 e. The Morgan fingerprint density at radius 2 is 1.59 bits per heavy atom. The summed E-state index contributed by atoms with van der Waals surface area (Å²) in [4.78, 5) is 25.5. The lowest BCUT2D eigenvalue weighted by Gasteiger charge is -2.43. The highest BCUT2D eigenvalue weighted by Gasteiger charge is 2.47. The zero-order valence-corrected chi connectivity index (χ0v) is 18.8. The molecule has 2 N–H and O–H groups in total. The topological polar surface area (TPSA) is 87.1 Å². The van der Waals surface area contributed by atoms with E-state index in [4.69, 9.17) is 4.74 Å². The largest absolute Gasteiger partial charge is 0.358 e. The zero-order valence-electron chi connectivity index (χ0n) is 18.8. The van der Waals surface area contributed by atoms with Crippen molar-refractivity contribution in [2.75, 3.05) is 6.61 Å². The lowest BCUT2D eigenvalue weighted by Crippen LogP contribution is -2.61. The van der Waals surface area contributed by atoms with E-state index >= 15 is 0 Å². The van der Waals surface area contributed by atoms with Crippen LogP contribution in [0.3, 0.4) is 0 Å². The molecule has 0 spiro atoms. The summed E-state index contributed by atoms with van der Waals surface area (Å²) in [7, 11) is 0. The van der Waals surface area contributed by atoms with Crippen LogP contribution >= 0.6 is 0 Å². The average Bonchev–Trinajstić information content (AvgIpc) is 2.63. The van der Waals surface area contributed by atoms with Crippen LogP contribution in [-0.2, 0) is 14.3 Å². The number of Topliss-reactive ketones (excluding diaryl/α,β-unsaturated/α-hetero) is 1. The van der Waals surface area contributed by atoms with E-state index in [2.05, 4.69) is 6.92 Å². The first-order valence-electron chi connectivity index (χ1n) is 11.4. The highest BCUT2D eigenvalue weighted by atomic mass is 16.6. The van der Waals surface area contributed by atoms with E-state index < -0.39 is 24.0 Å². The third kappa shape index (κ3) is 8.19. The Hall–Kier alpha value is -1.24. The number of carbonyl (C=O) groups excluding carboxylic acids is 2. The number of hydrogen-bond acceptors (Lipinski definition) is 5. The lowest BCUT2D eigenvalue weighted by molar-refractivity contribution is -0.269. The molecule has 0 fully saturated rings. The molecule has 0 aromatic rings. The van der Waals surface area contributed by atoms with Crippen molar-refractivity contribution in [3.63, 3.8) is 0 Å². The predicted octanol–water partition coefficient (Wildman–Crippen LogP) is 4.29. The van der Waals surface area contributed by atoms with Crippen molar-refractivity contribution in [3.05, 3.63) is 11.6 Å². The number of aliphatic hydroxyl groups is 2. The SMILES string of the molecule is CCCCCCCCCCCCOC(CC)N1C(=O)C(C(C)=O)C(C)=CC1(O)O. The molecule has 2 atom stereocenters. The molecule has 0 aromatic heterocycles. The summed E-state index contributed by atoms with van der Waals surface area (Å²) < 4.78 is 5.82. The van der Waals surface area contributed by atoms with Gasteiger partial charge in [-0.1, -0.05) is 77.2 Å². The molecule has 1 rings (SSSR count). The summed E-state index contributed by atoms with van der Waals surface area (Å²) in [5, 5.41) is 20.7. The van der Waals surface area contributed by atoms with Crippen LogP contribution in [0, 0.1) is 5.92 Å². The average molecular weight is 412 g/mol. The maximum absolute atomic E-state index is 12.8. The monoisotopic (exact) mass is 411 g/mol. The van der Waals surface area contributed by atoms with Crippen molar-refractivity contribution >= 4 is 11.7 Å². The number of carbonyl (C=O) groups is 2. The Morgan fingerprint density at radius 3 is 2.07 bits per heavy atom. The second kappa shape index (κ2) is 13.1. The first kappa shape index (κ1) is 25.8. The van der Waals surface area contributed by atoms with E-state index in [0.717, 1.165) is 30.2 Å². The highest BCUT2D eigenvalue weighted by Crippen LogP contribution is 2.31.